The number of aryl methyl sites for hydroxylation is 2. The monoisotopic (exact) mass is 194 g/mol. The molecule has 0 fully saturated rings. The molecule has 1 heterocycles. The third-order valence-corrected chi connectivity index (χ3v) is 2.61. The van der Waals surface area contributed by atoms with Gasteiger partial charge in [0.2, 0.25) is 0 Å². The minimum atomic E-state index is 0.197. The van der Waals surface area contributed by atoms with E-state index in [2.05, 4.69) is 51.3 Å². The summed E-state index contributed by atoms with van der Waals surface area (Å²) in [4.78, 5) is 0. The first-order valence-electron chi connectivity index (χ1n) is 5.48. The van der Waals surface area contributed by atoms with Gasteiger partial charge in [0.1, 0.15) is 0 Å². The predicted octanol–water partition coefficient (Wildman–Crippen LogP) is 3.07. The largest absolute Gasteiger partial charge is 0.269 e. The van der Waals surface area contributed by atoms with Crippen LogP contribution in [0.15, 0.2) is 0 Å². The zero-order valence-electron chi connectivity index (χ0n) is 10.3. The van der Waals surface area contributed by atoms with E-state index in [1.54, 1.807) is 0 Å². The van der Waals surface area contributed by atoms with Crippen molar-refractivity contribution in [2.24, 2.45) is 0 Å². The Morgan fingerprint density at radius 2 is 1.79 bits per heavy atom. The number of hydrogen-bond donors (Lipinski definition) is 0. The lowest BCUT2D eigenvalue weighted by molar-refractivity contribution is 0.493. The van der Waals surface area contributed by atoms with Crippen molar-refractivity contribution in [3.05, 3.63) is 17.0 Å². The second-order valence-electron chi connectivity index (χ2n) is 4.83. The Hall–Kier alpha value is -0.790. The van der Waals surface area contributed by atoms with E-state index in [1.807, 2.05) is 0 Å². The summed E-state index contributed by atoms with van der Waals surface area (Å²) in [5.41, 5.74) is 4.22. The normalized spacial score (nSPS) is 12.1. The molecule has 1 aromatic rings. The van der Waals surface area contributed by atoms with E-state index < -0.39 is 0 Å². The van der Waals surface area contributed by atoms with Gasteiger partial charge >= 0.3 is 0 Å². The van der Waals surface area contributed by atoms with E-state index in [-0.39, 0.29) is 5.41 Å². The highest BCUT2D eigenvalue weighted by molar-refractivity contribution is 5.30. The fourth-order valence-corrected chi connectivity index (χ4v) is 2.11. The third kappa shape index (κ3) is 1.84. The Bertz CT molecular complexity index is 316. The number of hydrogen-bond acceptors (Lipinski definition) is 1. The van der Waals surface area contributed by atoms with Crippen LogP contribution in [0.5, 0.6) is 0 Å². The van der Waals surface area contributed by atoms with E-state index in [9.17, 15) is 0 Å². The van der Waals surface area contributed by atoms with Gasteiger partial charge in [0.05, 0.1) is 5.69 Å². The molecule has 2 heteroatoms. The molecule has 80 valence electrons. The summed E-state index contributed by atoms with van der Waals surface area (Å²) < 4.78 is 2.15. The molecule has 0 radical (unpaired) electrons. The third-order valence-electron chi connectivity index (χ3n) is 2.61. The smallest absolute Gasteiger partial charge is 0.0628 e. The van der Waals surface area contributed by atoms with Crippen LogP contribution in [0.1, 0.15) is 51.6 Å². The van der Waals surface area contributed by atoms with Gasteiger partial charge in [-0.3, -0.25) is 4.68 Å². The number of rotatable bonds is 2. The van der Waals surface area contributed by atoms with Crippen LogP contribution in [0.2, 0.25) is 0 Å². The summed E-state index contributed by atoms with van der Waals surface area (Å²) in [5, 5.41) is 4.58. The molecule has 0 aliphatic carbocycles. The van der Waals surface area contributed by atoms with Crippen molar-refractivity contribution in [1.82, 2.24) is 9.78 Å². The molecule has 14 heavy (non-hydrogen) atoms. The van der Waals surface area contributed by atoms with E-state index in [0.717, 1.165) is 13.0 Å². The van der Waals surface area contributed by atoms with E-state index in [0.29, 0.717) is 0 Å². The van der Waals surface area contributed by atoms with Gasteiger partial charge in [0, 0.05) is 17.7 Å². The summed E-state index contributed by atoms with van der Waals surface area (Å²) in [6.07, 6.45) is 1.08. The highest BCUT2D eigenvalue weighted by Gasteiger charge is 2.24. The van der Waals surface area contributed by atoms with Crippen molar-refractivity contribution in [1.29, 1.82) is 0 Å². The number of aromatic nitrogens is 2. The van der Waals surface area contributed by atoms with Crippen LogP contribution in [-0.2, 0) is 18.4 Å². The summed E-state index contributed by atoms with van der Waals surface area (Å²) >= 11 is 0. The van der Waals surface area contributed by atoms with Crippen molar-refractivity contribution in [2.45, 2.75) is 59.9 Å². The Kier molecular flexibility index (Phi) is 3.03. The predicted molar refractivity (Wildman–Crippen MR) is 60.7 cm³/mol. The highest BCUT2D eigenvalue weighted by Crippen LogP contribution is 2.28. The molecule has 0 N–H and O–H groups in total. The van der Waals surface area contributed by atoms with Crippen molar-refractivity contribution in [3.63, 3.8) is 0 Å². The average Bonchev–Trinajstić information content (AvgIpc) is 2.40. The molecule has 1 aromatic heterocycles. The lowest BCUT2D eigenvalue weighted by atomic mass is 9.87. The summed E-state index contributed by atoms with van der Waals surface area (Å²) in [5.74, 6) is 0. The van der Waals surface area contributed by atoms with Crippen LogP contribution in [0, 0.1) is 6.92 Å². The molecule has 0 aliphatic rings. The van der Waals surface area contributed by atoms with Gasteiger partial charge in [-0.05, 0) is 25.8 Å². The maximum absolute atomic E-state index is 4.58. The van der Waals surface area contributed by atoms with E-state index in [4.69, 9.17) is 0 Å². The van der Waals surface area contributed by atoms with Crippen molar-refractivity contribution in [3.8, 4) is 0 Å². The SMILES string of the molecule is CCc1c(C)nn(CC)c1C(C)(C)C. The van der Waals surface area contributed by atoms with Gasteiger partial charge in [-0.15, -0.1) is 0 Å². The minimum absolute atomic E-state index is 0.197. The van der Waals surface area contributed by atoms with Crippen LogP contribution in [0.3, 0.4) is 0 Å². The first-order chi connectivity index (χ1) is 6.41. The lowest BCUT2D eigenvalue weighted by Gasteiger charge is -2.21. The second-order valence-corrected chi connectivity index (χ2v) is 4.83. The number of nitrogens with zero attached hydrogens (tertiary/aromatic N) is 2. The van der Waals surface area contributed by atoms with E-state index >= 15 is 0 Å². The van der Waals surface area contributed by atoms with Gasteiger partial charge in [0.25, 0.3) is 0 Å². The first-order valence-corrected chi connectivity index (χ1v) is 5.48. The molecule has 0 unspecified atom stereocenters. The Morgan fingerprint density at radius 1 is 1.21 bits per heavy atom. The van der Waals surface area contributed by atoms with Gasteiger partial charge in [-0.25, -0.2) is 0 Å². The Balaban J connectivity index is 3.36. The summed E-state index contributed by atoms with van der Waals surface area (Å²) in [7, 11) is 0. The maximum atomic E-state index is 4.58. The molecule has 0 amide bonds. The summed E-state index contributed by atoms with van der Waals surface area (Å²) in [6.45, 7) is 14.2. The van der Waals surface area contributed by atoms with Crippen molar-refractivity contribution < 1.29 is 0 Å². The molecular formula is C12H22N2. The molecule has 0 bridgehead atoms. The second kappa shape index (κ2) is 3.76. The summed E-state index contributed by atoms with van der Waals surface area (Å²) in [6, 6.07) is 0. The van der Waals surface area contributed by atoms with Crippen LogP contribution in [0.4, 0.5) is 0 Å². The van der Waals surface area contributed by atoms with Crippen LogP contribution >= 0.6 is 0 Å². The molecule has 1 rings (SSSR count). The minimum Gasteiger partial charge on any atom is -0.269 e. The lowest BCUT2D eigenvalue weighted by Crippen LogP contribution is -2.19. The fraction of sp³-hybridized carbons (Fsp3) is 0.750. The maximum Gasteiger partial charge on any atom is 0.0628 e. The average molecular weight is 194 g/mol. The molecule has 0 aliphatic heterocycles. The standard InChI is InChI=1S/C12H22N2/c1-7-10-9(3)13-14(8-2)11(10)12(4,5)6/h7-8H2,1-6H3. The van der Waals surface area contributed by atoms with Crippen LogP contribution < -0.4 is 0 Å². The van der Waals surface area contributed by atoms with Gasteiger partial charge < -0.3 is 0 Å². The molecule has 0 saturated carbocycles. The molecule has 0 saturated heterocycles. The van der Waals surface area contributed by atoms with Crippen molar-refractivity contribution >= 4 is 0 Å². The first kappa shape index (κ1) is 11.3. The van der Waals surface area contributed by atoms with Gasteiger partial charge in [-0.2, -0.15) is 5.10 Å². The highest BCUT2D eigenvalue weighted by atomic mass is 15.3. The molecule has 0 atom stereocenters. The van der Waals surface area contributed by atoms with E-state index in [1.165, 1.54) is 17.0 Å². The topological polar surface area (TPSA) is 17.8 Å². The van der Waals surface area contributed by atoms with Gasteiger partial charge in [-0.1, -0.05) is 27.7 Å². The zero-order chi connectivity index (χ0) is 10.9. The fourth-order valence-electron chi connectivity index (χ4n) is 2.11. The molecule has 0 aromatic carbocycles. The molecule has 2 nitrogen and oxygen atoms in total. The van der Waals surface area contributed by atoms with Gasteiger partial charge in [0.15, 0.2) is 0 Å². The Morgan fingerprint density at radius 3 is 2.14 bits per heavy atom. The Labute approximate surface area is 87.3 Å². The quantitative estimate of drug-likeness (QED) is 0.707. The zero-order valence-corrected chi connectivity index (χ0v) is 10.3. The van der Waals surface area contributed by atoms with Crippen LogP contribution in [-0.4, -0.2) is 9.78 Å². The molecular weight excluding hydrogens is 172 g/mol. The van der Waals surface area contributed by atoms with Crippen LogP contribution in [0.25, 0.3) is 0 Å². The molecule has 0 spiro atoms. The van der Waals surface area contributed by atoms with Crippen molar-refractivity contribution in [2.75, 3.05) is 0 Å².